The van der Waals surface area contributed by atoms with E-state index in [-0.39, 0.29) is 0 Å². The lowest BCUT2D eigenvalue weighted by Gasteiger charge is -2.12. The van der Waals surface area contributed by atoms with Gasteiger partial charge in [0.05, 0.1) is 11.0 Å². The van der Waals surface area contributed by atoms with Crippen LogP contribution in [0.4, 0.5) is 0 Å². The maximum absolute atomic E-state index is 5.06. The maximum atomic E-state index is 5.06. The summed E-state index contributed by atoms with van der Waals surface area (Å²) in [5, 5.41) is 7.32. The Morgan fingerprint density at radius 1 is 0.281 bits per heavy atom. The van der Waals surface area contributed by atoms with E-state index in [4.69, 9.17) is 15.0 Å². The van der Waals surface area contributed by atoms with E-state index in [1.807, 2.05) is 36.4 Å². The molecular formula is C53H34N4. The van der Waals surface area contributed by atoms with E-state index in [2.05, 4.69) is 174 Å². The molecule has 0 radical (unpaired) electrons. The summed E-state index contributed by atoms with van der Waals surface area (Å²) < 4.78 is 2.40. The Balaban J connectivity index is 0.945. The fraction of sp³-hybridized carbons (Fsp3) is 0. The van der Waals surface area contributed by atoms with Gasteiger partial charge in [0.1, 0.15) is 0 Å². The van der Waals surface area contributed by atoms with Crippen molar-refractivity contribution >= 4 is 43.4 Å². The Morgan fingerprint density at radius 2 is 0.737 bits per heavy atom. The van der Waals surface area contributed by atoms with E-state index in [1.54, 1.807) is 0 Å². The van der Waals surface area contributed by atoms with Crippen molar-refractivity contribution in [1.82, 2.24) is 19.5 Å². The highest BCUT2D eigenvalue weighted by molar-refractivity contribution is 6.18. The first-order chi connectivity index (χ1) is 28.2. The van der Waals surface area contributed by atoms with Gasteiger partial charge in [0.15, 0.2) is 17.5 Å². The summed E-state index contributed by atoms with van der Waals surface area (Å²) >= 11 is 0. The predicted octanol–water partition coefficient (Wildman–Crippen LogP) is 13.6. The molecule has 4 nitrogen and oxygen atoms in total. The molecule has 0 aliphatic rings. The number of aromatic nitrogens is 4. The molecule has 0 aliphatic heterocycles. The van der Waals surface area contributed by atoms with Crippen molar-refractivity contribution in [3.05, 3.63) is 206 Å². The van der Waals surface area contributed by atoms with E-state index in [1.165, 1.54) is 49.1 Å². The smallest absolute Gasteiger partial charge is 0.164 e. The van der Waals surface area contributed by atoms with Crippen LogP contribution in [0.5, 0.6) is 0 Å². The van der Waals surface area contributed by atoms with Gasteiger partial charge < -0.3 is 4.57 Å². The Bertz CT molecular complexity index is 3260. The molecule has 266 valence electrons. The molecule has 57 heavy (non-hydrogen) atoms. The van der Waals surface area contributed by atoms with Crippen LogP contribution in [-0.2, 0) is 0 Å². The molecule has 2 heterocycles. The van der Waals surface area contributed by atoms with Gasteiger partial charge in [-0.15, -0.1) is 0 Å². The minimum atomic E-state index is 0.638. The van der Waals surface area contributed by atoms with Crippen molar-refractivity contribution in [2.24, 2.45) is 0 Å². The molecule has 2 aromatic heterocycles. The molecule has 0 saturated carbocycles. The zero-order valence-corrected chi connectivity index (χ0v) is 30.9. The summed E-state index contributed by atoms with van der Waals surface area (Å²) in [6.45, 7) is 0. The average molecular weight is 727 g/mol. The van der Waals surface area contributed by atoms with Gasteiger partial charge in [0.25, 0.3) is 0 Å². The summed E-state index contributed by atoms with van der Waals surface area (Å²) in [6.07, 6.45) is 0. The van der Waals surface area contributed by atoms with E-state index < -0.39 is 0 Å². The number of para-hydroxylation sites is 1. The normalized spacial score (nSPS) is 11.5. The Hall–Kier alpha value is -7.69. The number of nitrogens with zero attached hydrogens (tertiary/aromatic N) is 4. The van der Waals surface area contributed by atoms with Gasteiger partial charge in [-0.05, 0) is 68.7 Å². The topological polar surface area (TPSA) is 43.6 Å². The van der Waals surface area contributed by atoms with Crippen molar-refractivity contribution in [2.45, 2.75) is 0 Å². The molecule has 0 bridgehead atoms. The molecule has 0 N–H and O–H groups in total. The van der Waals surface area contributed by atoms with Gasteiger partial charge in [-0.3, -0.25) is 0 Å². The summed E-state index contributed by atoms with van der Waals surface area (Å²) in [7, 11) is 0. The molecule has 0 atom stereocenters. The summed E-state index contributed by atoms with van der Waals surface area (Å²) in [5.74, 6) is 1.93. The number of fused-ring (bicyclic) bond motifs is 6. The minimum Gasteiger partial charge on any atom is -0.309 e. The van der Waals surface area contributed by atoms with E-state index >= 15 is 0 Å². The zero-order valence-electron chi connectivity index (χ0n) is 30.9. The molecule has 0 amide bonds. The molecule has 11 aromatic rings. The molecule has 0 saturated heterocycles. The van der Waals surface area contributed by atoms with Gasteiger partial charge in [-0.2, -0.15) is 0 Å². The Labute approximate surface area is 330 Å². The molecule has 0 spiro atoms. The lowest BCUT2D eigenvalue weighted by Crippen LogP contribution is -2.00. The third kappa shape index (κ3) is 5.83. The fourth-order valence-corrected chi connectivity index (χ4v) is 8.16. The molecule has 0 unspecified atom stereocenters. The monoisotopic (exact) mass is 726 g/mol. The summed E-state index contributed by atoms with van der Waals surface area (Å²) in [4.78, 5) is 15.1. The van der Waals surface area contributed by atoms with E-state index in [0.717, 1.165) is 38.9 Å². The van der Waals surface area contributed by atoms with Crippen molar-refractivity contribution in [1.29, 1.82) is 0 Å². The second-order valence-corrected chi connectivity index (χ2v) is 14.5. The van der Waals surface area contributed by atoms with Gasteiger partial charge in [-0.25, -0.2) is 15.0 Å². The lowest BCUT2D eigenvalue weighted by atomic mass is 10.00. The quantitative estimate of drug-likeness (QED) is 0.171. The van der Waals surface area contributed by atoms with Crippen LogP contribution in [0.1, 0.15) is 0 Å². The largest absolute Gasteiger partial charge is 0.309 e. The molecular weight excluding hydrogens is 693 g/mol. The summed E-state index contributed by atoms with van der Waals surface area (Å²) in [5.41, 5.74) is 11.1. The number of benzene rings is 9. The van der Waals surface area contributed by atoms with Crippen molar-refractivity contribution in [2.75, 3.05) is 0 Å². The van der Waals surface area contributed by atoms with Gasteiger partial charge in [0, 0.05) is 38.5 Å². The molecule has 0 fully saturated rings. The lowest BCUT2D eigenvalue weighted by molar-refractivity contribution is 1.07. The average Bonchev–Trinajstić information content (AvgIpc) is 3.64. The highest BCUT2D eigenvalue weighted by Gasteiger charge is 2.16. The number of hydrogen-bond donors (Lipinski definition) is 0. The molecule has 4 heteroatoms. The minimum absolute atomic E-state index is 0.638. The highest BCUT2D eigenvalue weighted by atomic mass is 15.0. The number of hydrogen-bond acceptors (Lipinski definition) is 3. The summed E-state index contributed by atoms with van der Waals surface area (Å²) in [6, 6.07) is 72.9. The van der Waals surface area contributed by atoms with Gasteiger partial charge >= 0.3 is 0 Å². The van der Waals surface area contributed by atoms with Crippen LogP contribution < -0.4 is 0 Å². The molecule has 11 rings (SSSR count). The highest BCUT2D eigenvalue weighted by Crippen LogP contribution is 2.37. The van der Waals surface area contributed by atoms with Gasteiger partial charge in [0.2, 0.25) is 0 Å². The van der Waals surface area contributed by atoms with Gasteiger partial charge in [-0.1, -0.05) is 176 Å². The standard InChI is InChI=1S/C53H34N4/c1-3-11-35(12-4-1)41-23-24-43-34-44(26-25-42(43)33-41)53-55-51(39-14-5-2-6-15-39)54-52(56-53)40-21-19-36(20-22-40)37-27-30-45(31-28-37)57-49-18-10-9-17-47(49)48-32-29-38-13-7-8-16-46(38)50(48)57/h1-34H. The van der Waals surface area contributed by atoms with Crippen molar-refractivity contribution in [3.63, 3.8) is 0 Å². The first-order valence-corrected chi connectivity index (χ1v) is 19.3. The van der Waals surface area contributed by atoms with Crippen LogP contribution in [-0.4, -0.2) is 19.5 Å². The van der Waals surface area contributed by atoms with Crippen LogP contribution >= 0.6 is 0 Å². The predicted molar refractivity (Wildman–Crippen MR) is 236 cm³/mol. The maximum Gasteiger partial charge on any atom is 0.164 e. The Morgan fingerprint density at radius 3 is 1.44 bits per heavy atom. The van der Waals surface area contributed by atoms with Crippen LogP contribution in [0.25, 0.3) is 105 Å². The third-order valence-electron chi connectivity index (χ3n) is 11.0. The Kier molecular flexibility index (Phi) is 7.78. The second kappa shape index (κ2) is 13.6. The third-order valence-corrected chi connectivity index (χ3v) is 11.0. The molecule has 9 aromatic carbocycles. The van der Waals surface area contributed by atoms with Crippen molar-refractivity contribution in [3.8, 4) is 62.1 Å². The van der Waals surface area contributed by atoms with Crippen LogP contribution in [0.15, 0.2) is 206 Å². The fourth-order valence-electron chi connectivity index (χ4n) is 8.16. The first kappa shape index (κ1) is 32.7. The zero-order chi connectivity index (χ0) is 37.7. The SMILES string of the molecule is c1ccc(-c2ccc3cc(-c4nc(-c5ccccc5)nc(-c5ccc(-c6ccc(-n7c8ccccc8c8ccc9ccccc9c87)cc6)cc5)n4)ccc3c2)cc1. The van der Waals surface area contributed by atoms with E-state index in [9.17, 15) is 0 Å². The van der Waals surface area contributed by atoms with Crippen LogP contribution in [0.2, 0.25) is 0 Å². The second-order valence-electron chi connectivity index (χ2n) is 14.5. The first-order valence-electron chi connectivity index (χ1n) is 19.3. The number of rotatable bonds is 6. The van der Waals surface area contributed by atoms with Crippen LogP contribution in [0.3, 0.4) is 0 Å². The van der Waals surface area contributed by atoms with Crippen LogP contribution in [0, 0.1) is 0 Å². The van der Waals surface area contributed by atoms with E-state index in [0.29, 0.717) is 17.5 Å². The van der Waals surface area contributed by atoms with Crippen molar-refractivity contribution < 1.29 is 0 Å². The molecule has 0 aliphatic carbocycles.